The Morgan fingerprint density at radius 3 is 2.53 bits per heavy atom. The van der Waals surface area contributed by atoms with Gasteiger partial charge in [-0.2, -0.15) is 0 Å². The third kappa shape index (κ3) is 1.99. The minimum Gasteiger partial charge on any atom is -0.267 e. The number of rotatable bonds is 1. The van der Waals surface area contributed by atoms with Gasteiger partial charge in [-0.25, -0.2) is 4.98 Å². The molecule has 0 atom stereocenters. The number of nitrogens with one attached hydrogen (secondary N) is 1. The molecule has 0 aliphatic rings. The van der Waals surface area contributed by atoms with Crippen LogP contribution in [0.2, 0.25) is 10.0 Å². The van der Waals surface area contributed by atoms with Gasteiger partial charge in [0.25, 0.3) is 5.91 Å². The highest BCUT2D eigenvalue weighted by atomic mass is 35.5. The van der Waals surface area contributed by atoms with Crippen molar-refractivity contribution in [3.63, 3.8) is 0 Å². The van der Waals surface area contributed by atoms with Crippen molar-refractivity contribution in [2.45, 2.75) is 13.8 Å². The Hall–Kier alpha value is -0.550. The number of carbonyl (C=O) groups is 1. The van der Waals surface area contributed by atoms with E-state index in [9.17, 15) is 4.79 Å². The zero-order valence-corrected chi connectivity index (χ0v) is 12.0. The van der Waals surface area contributed by atoms with E-state index in [0.717, 1.165) is 5.56 Å². The van der Waals surface area contributed by atoms with Gasteiger partial charge in [-0.15, -0.1) is 11.3 Å². The fraction of sp³-hybridized carbons (Fsp3) is 0.200. The van der Waals surface area contributed by atoms with Crippen LogP contribution in [-0.2, 0) is 0 Å². The number of halogens is 3. The van der Waals surface area contributed by atoms with E-state index < -0.39 is 5.91 Å². The summed E-state index contributed by atoms with van der Waals surface area (Å²) >= 11 is 18.7. The molecule has 3 nitrogen and oxygen atoms in total. The average Bonchev–Trinajstić information content (AvgIpc) is 2.62. The summed E-state index contributed by atoms with van der Waals surface area (Å²) in [5.41, 5.74) is 1.54. The lowest BCUT2D eigenvalue weighted by atomic mass is 10.1. The predicted molar refractivity (Wildman–Crippen MR) is 72.4 cm³/mol. The molecule has 0 aliphatic heterocycles. The monoisotopic (exact) mass is 308 g/mol. The molecule has 1 amide bonds. The second kappa shape index (κ2) is 4.61. The van der Waals surface area contributed by atoms with E-state index in [1.807, 2.05) is 18.7 Å². The maximum absolute atomic E-state index is 11.5. The summed E-state index contributed by atoms with van der Waals surface area (Å²) in [6.07, 6.45) is 0. The van der Waals surface area contributed by atoms with E-state index in [1.165, 1.54) is 11.3 Å². The van der Waals surface area contributed by atoms with Crippen LogP contribution >= 0.6 is 46.3 Å². The van der Waals surface area contributed by atoms with Gasteiger partial charge in [0, 0.05) is 17.2 Å². The Morgan fingerprint density at radius 2 is 1.94 bits per heavy atom. The van der Waals surface area contributed by atoms with Gasteiger partial charge in [-0.3, -0.25) is 9.63 Å². The van der Waals surface area contributed by atoms with Gasteiger partial charge in [0.2, 0.25) is 0 Å². The maximum Gasteiger partial charge on any atom is 0.277 e. The molecule has 17 heavy (non-hydrogen) atoms. The number of aryl methyl sites for hydroxylation is 2. The number of fused-ring (bicyclic) bond motifs is 1. The first-order valence-electron chi connectivity index (χ1n) is 4.63. The van der Waals surface area contributed by atoms with Gasteiger partial charge in [-0.05, 0) is 19.4 Å². The van der Waals surface area contributed by atoms with Crippen LogP contribution in [0.25, 0.3) is 10.2 Å². The number of carbonyl (C=O) groups excluding carboxylic acids is 1. The van der Waals surface area contributed by atoms with Crippen molar-refractivity contribution in [3.05, 3.63) is 26.2 Å². The first-order chi connectivity index (χ1) is 7.97. The van der Waals surface area contributed by atoms with Crippen LogP contribution in [0.4, 0.5) is 0 Å². The zero-order chi connectivity index (χ0) is 12.7. The van der Waals surface area contributed by atoms with Gasteiger partial charge in [0.15, 0.2) is 0 Å². The van der Waals surface area contributed by atoms with Crippen molar-refractivity contribution in [3.8, 4) is 0 Å². The molecule has 2 aromatic rings. The van der Waals surface area contributed by atoms with Crippen molar-refractivity contribution in [2.24, 2.45) is 0 Å². The van der Waals surface area contributed by atoms with Crippen molar-refractivity contribution in [1.29, 1.82) is 0 Å². The molecule has 0 bridgehead atoms. The number of amides is 1. The summed E-state index contributed by atoms with van der Waals surface area (Å²) in [7, 11) is 0. The molecule has 0 radical (unpaired) electrons. The quantitative estimate of drug-likeness (QED) is 0.806. The highest BCUT2D eigenvalue weighted by Gasteiger charge is 2.20. The number of hydrogen-bond donors (Lipinski definition) is 1. The summed E-state index contributed by atoms with van der Waals surface area (Å²) in [5.74, 6) is -0.437. The van der Waals surface area contributed by atoms with Gasteiger partial charge < -0.3 is 0 Å². The average molecular weight is 310 g/mol. The van der Waals surface area contributed by atoms with Crippen LogP contribution in [0, 0.1) is 13.8 Å². The molecule has 0 saturated heterocycles. The maximum atomic E-state index is 11.5. The summed E-state index contributed by atoms with van der Waals surface area (Å²) in [5, 5.41) is 1.62. The standard InChI is InChI=1S/C10H7Cl3N2OS/c1-3-5-7(12)8(9(16)15-13)17-10(5)14-4(2)6(3)11/h1-2H3,(H,15,16). The van der Waals surface area contributed by atoms with E-state index in [0.29, 0.717) is 30.8 Å². The second-order valence-electron chi connectivity index (χ2n) is 3.49. The smallest absolute Gasteiger partial charge is 0.267 e. The Balaban J connectivity index is 2.83. The van der Waals surface area contributed by atoms with Crippen LogP contribution in [0.5, 0.6) is 0 Å². The first kappa shape index (κ1) is 12.9. The summed E-state index contributed by atoms with van der Waals surface area (Å²) < 4.78 is 0. The lowest BCUT2D eigenvalue weighted by Gasteiger charge is -2.03. The predicted octanol–water partition coefficient (Wildman–Crippen LogP) is 4.10. The molecule has 0 aliphatic carbocycles. The van der Waals surface area contributed by atoms with E-state index in [4.69, 9.17) is 35.0 Å². The van der Waals surface area contributed by atoms with Gasteiger partial charge >= 0.3 is 0 Å². The van der Waals surface area contributed by atoms with Crippen LogP contribution < -0.4 is 4.84 Å². The fourth-order valence-corrected chi connectivity index (χ4v) is 3.42. The Morgan fingerprint density at radius 1 is 1.29 bits per heavy atom. The molecule has 0 saturated carbocycles. The van der Waals surface area contributed by atoms with Crippen molar-refractivity contribution in [1.82, 2.24) is 9.82 Å². The number of hydrogen-bond acceptors (Lipinski definition) is 3. The van der Waals surface area contributed by atoms with Crippen LogP contribution in [0.1, 0.15) is 20.9 Å². The molecule has 0 spiro atoms. The van der Waals surface area contributed by atoms with Gasteiger partial charge in [-0.1, -0.05) is 23.2 Å². The normalized spacial score (nSPS) is 10.9. The molecule has 90 valence electrons. The third-order valence-electron chi connectivity index (χ3n) is 2.41. The summed E-state index contributed by atoms with van der Waals surface area (Å²) in [4.78, 5) is 18.9. The largest absolute Gasteiger partial charge is 0.277 e. The molecule has 0 unspecified atom stereocenters. The molecular weight excluding hydrogens is 303 g/mol. The number of pyridine rings is 1. The van der Waals surface area contributed by atoms with E-state index in [-0.39, 0.29) is 0 Å². The van der Waals surface area contributed by atoms with Crippen molar-refractivity contribution < 1.29 is 4.79 Å². The first-order valence-corrected chi connectivity index (χ1v) is 6.58. The Labute approximate surface area is 117 Å². The topological polar surface area (TPSA) is 42.0 Å². The number of nitrogens with zero attached hydrogens (tertiary/aromatic N) is 1. The molecule has 2 rings (SSSR count). The SMILES string of the molecule is Cc1nc2sc(C(=O)NCl)c(Cl)c2c(C)c1Cl. The van der Waals surface area contributed by atoms with E-state index in [1.54, 1.807) is 0 Å². The number of aromatic nitrogens is 1. The van der Waals surface area contributed by atoms with Gasteiger partial charge in [0.1, 0.15) is 9.71 Å². The van der Waals surface area contributed by atoms with Gasteiger partial charge in [0.05, 0.1) is 15.7 Å². The minimum atomic E-state index is -0.437. The molecule has 0 fully saturated rings. The van der Waals surface area contributed by atoms with E-state index >= 15 is 0 Å². The Bertz CT molecular complexity index is 624. The Kier molecular flexibility index (Phi) is 3.50. The fourth-order valence-electron chi connectivity index (χ4n) is 1.58. The number of thiophene rings is 1. The zero-order valence-electron chi connectivity index (χ0n) is 8.90. The van der Waals surface area contributed by atoms with Crippen LogP contribution in [0.3, 0.4) is 0 Å². The minimum absolute atomic E-state index is 0.342. The van der Waals surface area contributed by atoms with E-state index in [2.05, 4.69) is 4.98 Å². The molecule has 7 heteroatoms. The third-order valence-corrected chi connectivity index (χ3v) is 4.72. The van der Waals surface area contributed by atoms with Crippen LogP contribution in [-0.4, -0.2) is 10.9 Å². The van der Waals surface area contributed by atoms with Crippen molar-refractivity contribution >= 4 is 62.4 Å². The lowest BCUT2D eigenvalue weighted by Crippen LogP contribution is -2.10. The highest BCUT2D eigenvalue weighted by molar-refractivity contribution is 7.21. The lowest BCUT2D eigenvalue weighted by molar-refractivity contribution is 0.0986. The van der Waals surface area contributed by atoms with Crippen LogP contribution in [0.15, 0.2) is 0 Å². The molecule has 2 aromatic heterocycles. The summed E-state index contributed by atoms with van der Waals surface area (Å²) in [6, 6.07) is 0. The van der Waals surface area contributed by atoms with Crippen molar-refractivity contribution in [2.75, 3.05) is 0 Å². The molecule has 2 heterocycles. The molecular formula is C10H7Cl3N2OS. The molecule has 0 aromatic carbocycles. The molecule has 1 N–H and O–H groups in total. The summed E-state index contributed by atoms with van der Waals surface area (Å²) in [6.45, 7) is 3.66. The highest BCUT2D eigenvalue weighted by Crippen LogP contribution is 2.39. The second-order valence-corrected chi connectivity index (χ2v) is 5.43.